The number of carbonyl (C=O) groups is 1. The molecule has 0 aromatic heterocycles. The van der Waals surface area contributed by atoms with E-state index in [1.165, 1.54) is 0 Å². The first-order valence-electron chi connectivity index (χ1n) is 5.88. The van der Waals surface area contributed by atoms with E-state index < -0.39 is 12.4 Å². The molecule has 0 amide bonds. The van der Waals surface area contributed by atoms with Gasteiger partial charge in [-0.15, -0.1) is 0 Å². The molecule has 4 heteroatoms. The van der Waals surface area contributed by atoms with Gasteiger partial charge in [0.2, 0.25) is 0 Å². The maximum Gasteiger partial charge on any atom is 0.335 e. The molecule has 0 radical (unpaired) electrons. The standard InChI is InChI=1S/C12H20O4/c1-3-5-9-15-12(13)10-7-6-8-11(16-10)14-4-2/h6,8,10-11H,3-5,7,9H2,1-2H3. The van der Waals surface area contributed by atoms with Crippen LogP contribution in [0.25, 0.3) is 0 Å². The fourth-order valence-electron chi connectivity index (χ4n) is 1.40. The molecule has 0 saturated carbocycles. The van der Waals surface area contributed by atoms with E-state index >= 15 is 0 Å². The van der Waals surface area contributed by atoms with E-state index in [1.807, 2.05) is 19.1 Å². The van der Waals surface area contributed by atoms with E-state index in [0.29, 0.717) is 19.6 Å². The van der Waals surface area contributed by atoms with Gasteiger partial charge in [-0.3, -0.25) is 0 Å². The molecule has 0 fully saturated rings. The summed E-state index contributed by atoms with van der Waals surface area (Å²) < 4.78 is 15.8. The first kappa shape index (κ1) is 13.2. The first-order valence-corrected chi connectivity index (χ1v) is 5.88. The van der Waals surface area contributed by atoms with Gasteiger partial charge in [-0.25, -0.2) is 4.79 Å². The van der Waals surface area contributed by atoms with Crippen LogP contribution in [0.1, 0.15) is 33.1 Å². The van der Waals surface area contributed by atoms with E-state index in [0.717, 1.165) is 12.8 Å². The molecule has 92 valence electrons. The summed E-state index contributed by atoms with van der Waals surface area (Å²) in [5, 5.41) is 0. The van der Waals surface area contributed by atoms with E-state index in [2.05, 4.69) is 6.92 Å². The van der Waals surface area contributed by atoms with Crippen LogP contribution in [0.3, 0.4) is 0 Å². The quantitative estimate of drug-likeness (QED) is 0.396. The molecule has 0 saturated heterocycles. The van der Waals surface area contributed by atoms with Crippen LogP contribution >= 0.6 is 0 Å². The summed E-state index contributed by atoms with van der Waals surface area (Å²) in [6, 6.07) is 0. The Morgan fingerprint density at radius 2 is 2.31 bits per heavy atom. The third-order valence-electron chi connectivity index (χ3n) is 2.28. The number of ether oxygens (including phenoxy) is 3. The van der Waals surface area contributed by atoms with Gasteiger partial charge < -0.3 is 14.2 Å². The second-order valence-corrected chi connectivity index (χ2v) is 3.63. The highest BCUT2D eigenvalue weighted by molar-refractivity contribution is 5.75. The topological polar surface area (TPSA) is 44.8 Å². The third-order valence-corrected chi connectivity index (χ3v) is 2.28. The van der Waals surface area contributed by atoms with Crippen LogP contribution in [0.2, 0.25) is 0 Å². The molecule has 0 aromatic rings. The Balaban J connectivity index is 2.31. The van der Waals surface area contributed by atoms with Gasteiger partial charge in [-0.05, 0) is 19.4 Å². The minimum Gasteiger partial charge on any atom is -0.464 e. The van der Waals surface area contributed by atoms with Crippen molar-refractivity contribution >= 4 is 5.97 Å². The highest BCUT2D eigenvalue weighted by Crippen LogP contribution is 2.14. The van der Waals surface area contributed by atoms with Crippen LogP contribution < -0.4 is 0 Å². The van der Waals surface area contributed by atoms with Crippen LogP contribution in [0.15, 0.2) is 12.2 Å². The Kier molecular flexibility index (Phi) is 6.11. The fraction of sp³-hybridized carbons (Fsp3) is 0.750. The number of unbranched alkanes of at least 4 members (excludes halogenated alkanes) is 1. The summed E-state index contributed by atoms with van der Waals surface area (Å²) in [6.07, 6.45) is 5.26. The lowest BCUT2D eigenvalue weighted by molar-refractivity contribution is -0.182. The molecule has 1 aliphatic rings. The summed E-state index contributed by atoms with van der Waals surface area (Å²) in [6.45, 7) is 4.98. The predicted molar refractivity (Wildman–Crippen MR) is 59.9 cm³/mol. The van der Waals surface area contributed by atoms with Gasteiger partial charge in [0.1, 0.15) is 0 Å². The molecular formula is C12H20O4. The van der Waals surface area contributed by atoms with Gasteiger partial charge >= 0.3 is 5.97 Å². The van der Waals surface area contributed by atoms with Crippen molar-refractivity contribution in [2.75, 3.05) is 13.2 Å². The third kappa shape index (κ3) is 4.33. The highest BCUT2D eigenvalue weighted by atomic mass is 16.7. The van der Waals surface area contributed by atoms with Crippen molar-refractivity contribution in [2.24, 2.45) is 0 Å². The Bertz CT molecular complexity index is 237. The van der Waals surface area contributed by atoms with E-state index in [-0.39, 0.29) is 5.97 Å². The molecule has 0 aromatic carbocycles. The normalized spacial score (nSPS) is 24.4. The lowest BCUT2D eigenvalue weighted by atomic mass is 10.2. The summed E-state index contributed by atoms with van der Waals surface area (Å²) in [5.41, 5.74) is 0. The second-order valence-electron chi connectivity index (χ2n) is 3.63. The number of esters is 1. The Labute approximate surface area is 96.6 Å². The van der Waals surface area contributed by atoms with Crippen molar-refractivity contribution in [3.63, 3.8) is 0 Å². The molecule has 4 nitrogen and oxygen atoms in total. The lowest BCUT2D eigenvalue weighted by Gasteiger charge is -2.24. The average molecular weight is 228 g/mol. The van der Waals surface area contributed by atoms with Crippen LogP contribution in [0.4, 0.5) is 0 Å². The maximum atomic E-state index is 11.6. The van der Waals surface area contributed by atoms with Crippen molar-refractivity contribution in [3.8, 4) is 0 Å². The van der Waals surface area contributed by atoms with E-state index in [4.69, 9.17) is 14.2 Å². The first-order chi connectivity index (χ1) is 7.77. The number of hydrogen-bond acceptors (Lipinski definition) is 4. The largest absolute Gasteiger partial charge is 0.464 e. The molecule has 0 N–H and O–H groups in total. The van der Waals surface area contributed by atoms with Crippen LogP contribution in [-0.2, 0) is 19.0 Å². The van der Waals surface area contributed by atoms with Crippen molar-refractivity contribution < 1.29 is 19.0 Å². The zero-order chi connectivity index (χ0) is 11.8. The molecule has 1 aliphatic heterocycles. The molecule has 0 spiro atoms. The van der Waals surface area contributed by atoms with Crippen molar-refractivity contribution in [2.45, 2.75) is 45.5 Å². The molecule has 1 heterocycles. The SMILES string of the molecule is CCCCOC(=O)C1CC=CC(OCC)O1. The van der Waals surface area contributed by atoms with Gasteiger partial charge in [0, 0.05) is 13.0 Å². The Morgan fingerprint density at radius 3 is 3.00 bits per heavy atom. The molecular weight excluding hydrogens is 208 g/mol. The maximum absolute atomic E-state index is 11.6. The molecule has 0 bridgehead atoms. The Morgan fingerprint density at radius 1 is 1.50 bits per heavy atom. The smallest absolute Gasteiger partial charge is 0.335 e. The molecule has 2 atom stereocenters. The van der Waals surface area contributed by atoms with Gasteiger partial charge in [0.05, 0.1) is 6.61 Å². The zero-order valence-electron chi connectivity index (χ0n) is 9.98. The summed E-state index contributed by atoms with van der Waals surface area (Å²) >= 11 is 0. The van der Waals surface area contributed by atoms with Crippen molar-refractivity contribution in [3.05, 3.63) is 12.2 Å². The van der Waals surface area contributed by atoms with Gasteiger partial charge in [-0.2, -0.15) is 0 Å². The average Bonchev–Trinajstić information content (AvgIpc) is 2.30. The highest BCUT2D eigenvalue weighted by Gasteiger charge is 2.25. The van der Waals surface area contributed by atoms with Crippen LogP contribution in [0, 0.1) is 0 Å². The molecule has 2 unspecified atom stereocenters. The van der Waals surface area contributed by atoms with Crippen molar-refractivity contribution in [1.82, 2.24) is 0 Å². The van der Waals surface area contributed by atoms with Gasteiger partial charge in [0.15, 0.2) is 12.4 Å². The minimum absolute atomic E-state index is 0.289. The second kappa shape index (κ2) is 7.41. The zero-order valence-corrected chi connectivity index (χ0v) is 9.98. The number of hydrogen-bond donors (Lipinski definition) is 0. The number of carbonyl (C=O) groups excluding carboxylic acids is 1. The van der Waals surface area contributed by atoms with Gasteiger partial charge in [-0.1, -0.05) is 19.4 Å². The lowest BCUT2D eigenvalue weighted by Crippen LogP contribution is -2.33. The Hall–Kier alpha value is -0.870. The monoisotopic (exact) mass is 228 g/mol. The van der Waals surface area contributed by atoms with Crippen LogP contribution in [-0.4, -0.2) is 31.6 Å². The summed E-state index contributed by atoms with van der Waals surface area (Å²) in [4.78, 5) is 11.6. The van der Waals surface area contributed by atoms with Crippen LogP contribution in [0.5, 0.6) is 0 Å². The van der Waals surface area contributed by atoms with Gasteiger partial charge in [0.25, 0.3) is 0 Å². The molecule has 0 aliphatic carbocycles. The fourth-order valence-corrected chi connectivity index (χ4v) is 1.40. The number of rotatable bonds is 6. The molecule has 1 rings (SSSR count). The van der Waals surface area contributed by atoms with Crippen molar-refractivity contribution in [1.29, 1.82) is 0 Å². The summed E-state index contributed by atoms with van der Waals surface area (Å²) in [5.74, 6) is -0.289. The summed E-state index contributed by atoms with van der Waals surface area (Å²) in [7, 11) is 0. The van der Waals surface area contributed by atoms with E-state index in [1.54, 1.807) is 0 Å². The van der Waals surface area contributed by atoms with E-state index in [9.17, 15) is 4.79 Å². The minimum atomic E-state index is -0.515. The molecule has 16 heavy (non-hydrogen) atoms. The predicted octanol–water partition coefficient (Wildman–Crippen LogP) is 2.04.